The van der Waals surface area contributed by atoms with Crippen LogP contribution in [-0.2, 0) is 4.79 Å². The molecule has 5 heteroatoms. The third kappa shape index (κ3) is 3.40. The maximum absolute atomic E-state index is 10.2. The van der Waals surface area contributed by atoms with Gasteiger partial charge >= 0.3 is 0 Å². The summed E-state index contributed by atoms with van der Waals surface area (Å²) in [6, 6.07) is 6.96. The second kappa shape index (κ2) is 5.18. The van der Waals surface area contributed by atoms with Crippen LogP contribution in [0, 0.1) is 0 Å². The predicted octanol–water partition coefficient (Wildman–Crippen LogP) is 0.920. The Morgan fingerprint density at radius 1 is 1.64 bits per heavy atom. The van der Waals surface area contributed by atoms with Crippen LogP contribution in [0.15, 0.2) is 24.3 Å². The molecule has 0 atom stereocenters. The summed E-state index contributed by atoms with van der Waals surface area (Å²) in [7, 11) is 0. The summed E-state index contributed by atoms with van der Waals surface area (Å²) in [5.74, 6) is 0.615. The van der Waals surface area contributed by atoms with E-state index in [0.717, 1.165) is 0 Å². The van der Waals surface area contributed by atoms with E-state index in [1.54, 1.807) is 24.3 Å². The molecule has 1 amide bonds. The van der Waals surface area contributed by atoms with Gasteiger partial charge in [-0.3, -0.25) is 4.79 Å². The van der Waals surface area contributed by atoms with Crippen molar-refractivity contribution in [2.75, 3.05) is 11.9 Å². The molecule has 0 saturated heterocycles. The van der Waals surface area contributed by atoms with Crippen molar-refractivity contribution >= 4 is 29.3 Å². The first kappa shape index (κ1) is 10.5. The molecule has 0 aliphatic rings. The van der Waals surface area contributed by atoms with Crippen molar-refractivity contribution < 1.29 is 9.53 Å². The van der Waals surface area contributed by atoms with Crippen LogP contribution in [0.5, 0.6) is 5.75 Å². The average molecular weight is 210 g/mol. The van der Waals surface area contributed by atoms with Gasteiger partial charge in [0.1, 0.15) is 17.3 Å². The normalized spacial score (nSPS) is 9.14. The number of carbonyl (C=O) groups excluding carboxylic acids is 1. The summed E-state index contributed by atoms with van der Waals surface area (Å²) in [5, 5.41) is 2.51. The number of anilines is 1. The number of thiocarbonyl (C=S) groups is 1. The average Bonchev–Trinajstić information content (AvgIpc) is 2.16. The molecule has 0 aliphatic carbocycles. The molecule has 14 heavy (non-hydrogen) atoms. The molecule has 3 N–H and O–H groups in total. The first-order valence-corrected chi connectivity index (χ1v) is 4.34. The maximum Gasteiger partial charge on any atom is 0.211 e. The van der Waals surface area contributed by atoms with Crippen molar-refractivity contribution in [2.45, 2.75) is 0 Å². The van der Waals surface area contributed by atoms with Gasteiger partial charge in [0.2, 0.25) is 6.41 Å². The highest BCUT2D eigenvalue weighted by Gasteiger charge is 1.96. The Kier molecular flexibility index (Phi) is 3.87. The number of nitrogens with one attached hydrogen (secondary N) is 1. The molecular formula is C9H10N2O2S. The lowest BCUT2D eigenvalue weighted by molar-refractivity contribution is -0.105. The summed E-state index contributed by atoms with van der Waals surface area (Å²) in [6.45, 7) is 0.194. The van der Waals surface area contributed by atoms with Crippen molar-refractivity contribution in [1.29, 1.82) is 0 Å². The first-order valence-electron chi connectivity index (χ1n) is 3.93. The van der Waals surface area contributed by atoms with Crippen LogP contribution in [0.3, 0.4) is 0 Å². The van der Waals surface area contributed by atoms with E-state index in [0.29, 0.717) is 22.8 Å². The van der Waals surface area contributed by atoms with E-state index in [2.05, 4.69) is 17.5 Å². The van der Waals surface area contributed by atoms with Crippen LogP contribution in [-0.4, -0.2) is 18.0 Å². The van der Waals surface area contributed by atoms with Gasteiger partial charge in [-0.25, -0.2) is 0 Å². The van der Waals surface area contributed by atoms with Crippen LogP contribution >= 0.6 is 12.2 Å². The van der Waals surface area contributed by atoms with Gasteiger partial charge in [-0.05, 0) is 12.1 Å². The monoisotopic (exact) mass is 210 g/mol. The van der Waals surface area contributed by atoms with Crippen molar-refractivity contribution in [3.8, 4) is 5.75 Å². The topological polar surface area (TPSA) is 64.3 Å². The Balaban J connectivity index is 2.63. The molecule has 0 heterocycles. The zero-order valence-corrected chi connectivity index (χ0v) is 8.21. The van der Waals surface area contributed by atoms with E-state index in [1.165, 1.54) is 0 Å². The Morgan fingerprint density at radius 3 is 3.07 bits per heavy atom. The van der Waals surface area contributed by atoms with Crippen LogP contribution in [0.25, 0.3) is 0 Å². The molecular weight excluding hydrogens is 200 g/mol. The lowest BCUT2D eigenvalue weighted by Gasteiger charge is -2.05. The molecule has 1 rings (SSSR count). The van der Waals surface area contributed by atoms with E-state index < -0.39 is 0 Å². The highest BCUT2D eigenvalue weighted by Crippen LogP contribution is 2.16. The van der Waals surface area contributed by atoms with Crippen LogP contribution in [0.1, 0.15) is 0 Å². The number of nitrogens with two attached hydrogens (primary N) is 1. The fourth-order valence-electron chi connectivity index (χ4n) is 0.898. The van der Waals surface area contributed by atoms with Gasteiger partial charge in [0.15, 0.2) is 0 Å². The largest absolute Gasteiger partial charge is 0.486 e. The Morgan fingerprint density at radius 2 is 2.43 bits per heavy atom. The quantitative estimate of drug-likeness (QED) is 0.560. The first-order chi connectivity index (χ1) is 6.72. The molecule has 0 fully saturated rings. The summed E-state index contributed by atoms with van der Waals surface area (Å²) in [6.07, 6.45) is 0.604. The lowest BCUT2D eigenvalue weighted by atomic mass is 10.3. The van der Waals surface area contributed by atoms with E-state index in [1.807, 2.05) is 0 Å². The fourth-order valence-corrected chi connectivity index (χ4v) is 0.957. The minimum atomic E-state index is 0.194. The highest BCUT2D eigenvalue weighted by molar-refractivity contribution is 7.80. The third-order valence-corrected chi connectivity index (χ3v) is 1.56. The fraction of sp³-hybridized carbons (Fsp3) is 0.111. The van der Waals surface area contributed by atoms with Gasteiger partial charge < -0.3 is 15.8 Å². The number of hydrogen-bond acceptors (Lipinski definition) is 3. The minimum Gasteiger partial charge on any atom is -0.486 e. The molecule has 0 aliphatic heterocycles. The minimum absolute atomic E-state index is 0.194. The van der Waals surface area contributed by atoms with E-state index in [9.17, 15) is 4.79 Å². The highest BCUT2D eigenvalue weighted by atomic mass is 32.1. The van der Waals surface area contributed by atoms with E-state index in [-0.39, 0.29) is 6.61 Å². The van der Waals surface area contributed by atoms with Crippen molar-refractivity contribution in [2.24, 2.45) is 5.73 Å². The second-order valence-corrected chi connectivity index (χ2v) is 3.07. The summed E-state index contributed by atoms with van der Waals surface area (Å²) in [5.41, 5.74) is 5.94. The number of carbonyl (C=O) groups is 1. The lowest BCUT2D eigenvalue weighted by Crippen LogP contribution is -2.17. The number of amides is 1. The van der Waals surface area contributed by atoms with Crippen molar-refractivity contribution in [1.82, 2.24) is 0 Å². The Bertz CT molecular complexity index is 341. The summed E-state index contributed by atoms with van der Waals surface area (Å²) < 4.78 is 5.23. The number of hydrogen-bond donors (Lipinski definition) is 2. The van der Waals surface area contributed by atoms with Gasteiger partial charge in [0, 0.05) is 11.8 Å². The smallest absolute Gasteiger partial charge is 0.211 e. The molecule has 0 spiro atoms. The zero-order valence-electron chi connectivity index (χ0n) is 7.40. The zero-order chi connectivity index (χ0) is 10.4. The Hall–Kier alpha value is -1.62. The molecule has 74 valence electrons. The standard InChI is InChI=1S/C9H10N2O2S/c10-9(14)5-13-8-3-1-2-7(4-8)11-6-12/h1-4,6H,5H2,(H2,10,14)(H,11,12). The molecule has 0 unspecified atom stereocenters. The van der Waals surface area contributed by atoms with Gasteiger partial charge in [0.25, 0.3) is 0 Å². The van der Waals surface area contributed by atoms with E-state index in [4.69, 9.17) is 10.5 Å². The van der Waals surface area contributed by atoms with Gasteiger partial charge in [0.05, 0.1) is 0 Å². The SMILES string of the molecule is NC(=S)COc1cccc(NC=O)c1. The van der Waals surface area contributed by atoms with Gasteiger partial charge in [-0.15, -0.1) is 0 Å². The molecule has 1 aromatic carbocycles. The Labute approximate surface area is 87.0 Å². The number of benzene rings is 1. The molecule has 0 aromatic heterocycles. The number of rotatable bonds is 5. The molecule has 1 aromatic rings. The van der Waals surface area contributed by atoms with E-state index >= 15 is 0 Å². The maximum atomic E-state index is 10.2. The molecule has 0 radical (unpaired) electrons. The van der Waals surface area contributed by atoms with Gasteiger partial charge in [-0.1, -0.05) is 18.3 Å². The van der Waals surface area contributed by atoms with Crippen LogP contribution in [0.4, 0.5) is 5.69 Å². The summed E-state index contributed by atoms with van der Waals surface area (Å²) >= 11 is 4.66. The van der Waals surface area contributed by atoms with Crippen molar-refractivity contribution in [3.05, 3.63) is 24.3 Å². The predicted molar refractivity (Wildman–Crippen MR) is 58.4 cm³/mol. The van der Waals surface area contributed by atoms with Crippen LogP contribution < -0.4 is 15.8 Å². The molecule has 0 bridgehead atoms. The molecule has 4 nitrogen and oxygen atoms in total. The number of ether oxygens (including phenoxy) is 1. The second-order valence-electron chi connectivity index (χ2n) is 2.55. The summed E-state index contributed by atoms with van der Waals surface area (Å²) in [4.78, 5) is 10.4. The van der Waals surface area contributed by atoms with Crippen molar-refractivity contribution in [3.63, 3.8) is 0 Å². The third-order valence-electron chi connectivity index (χ3n) is 1.44. The van der Waals surface area contributed by atoms with Crippen LogP contribution in [0.2, 0.25) is 0 Å². The molecule has 0 saturated carbocycles. The van der Waals surface area contributed by atoms with Gasteiger partial charge in [-0.2, -0.15) is 0 Å².